The Morgan fingerprint density at radius 3 is 1.23 bits per heavy atom. The van der Waals surface area contributed by atoms with E-state index in [1.807, 2.05) is 0 Å². The van der Waals surface area contributed by atoms with Crippen LogP contribution in [0, 0.1) is 0 Å². The van der Waals surface area contributed by atoms with Crippen molar-refractivity contribution in [3.05, 3.63) is 0 Å². The highest BCUT2D eigenvalue weighted by Gasteiger charge is 2.16. The molecule has 0 radical (unpaired) electrons. The van der Waals surface area contributed by atoms with Gasteiger partial charge in [-0.05, 0) is 12.8 Å². The Bertz CT molecular complexity index is 780. The van der Waals surface area contributed by atoms with E-state index in [4.69, 9.17) is 14.2 Å². The van der Waals surface area contributed by atoms with Crippen molar-refractivity contribution < 1.29 is 28.6 Å². The molecule has 0 bridgehead atoms. The number of amides is 2. The molecule has 0 aromatic heterocycles. The molecule has 2 amide bonds. The summed E-state index contributed by atoms with van der Waals surface area (Å²) < 4.78 is 15.5. The molecule has 8 nitrogen and oxygen atoms in total. The lowest BCUT2D eigenvalue weighted by molar-refractivity contribution is -0.150. The number of unbranched alkanes of at least 4 members (excludes halogenated alkanes) is 28. The van der Waals surface area contributed by atoms with Gasteiger partial charge in [-0.1, -0.05) is 194 Å². The summed E-state index contributed by atoms with van der Waals surface area (Å²) in [6.45, 7) is 5.31. The number of hydrogen-bond acceptors (Lipinski definition) is 6. The highest BCUT2D eigenvalue weighted by atomic mass is 16.6. The zero-order valence-electron chi connectivity index (χ0n) is 34.7. The van der Waals surface area contributed by atoms with Gasteiger partial charge < -0.3 is 24.8 Å². The van der Waals surface area contributed by atoms with E-state index >= 15 is 0 Å². The van der Waals surface area contributed by atoms with E-state index in [0.29, 0.717) is 26.1 Å². The number of rotatable bonds is 42. The van der Waals surface area contributed by atoms with Crippen LogP contribution < -0.4 is 10.6 Å². The molecule has 0 heterocycles. The van der Waals surface area contributed by atoms with Crippen molar-refractivity contribution in [3.8, 4) is 0 Å². The van der Waals surface area contributed by atoms with Crippen molar-refractivity contribution in [2.24, 2.45) is 0 Å². The molecule has 1 unspecified atom stereocenters. The molecule has 52 heavy (non-hydrogen) atoms. The van der Waals surface area contributed by atoms with E-state index in [0.717, 1.165) is 32.1 Å². The summed E-state index contributed by atoms with van der Waals surface area (Å²) in [5, 5.41) is 5.93. The van der Waals surface area contributed by atoms with Crippen LogP contribution in [0.2, 0.25) is 0 Å². The van der Waals surface area contributed by atoms with Crippen LogP contribution in [0.5, 0.6) is 0 Å². The van der Waals surface area contributed by atoms with E-state index in [-0.39, 0.29) is 31.6 Å². The SMILES string of the molecule is CCCCCCCCCCCCCCCCCC(=O)NCC(COC(=O)COCCOC)NC(=O)CCCCCCCCCCCCCCCCC. The molecule has 0 spiro atoms. The number of carbonyl (C=O) groups is 3. The highest BCUT2D eigenvalue weighted by Crippen LogP contribution is 2.15. The summed E-state index contributed by atoms with van der Waals surface area (Å²) in [4.78, 5) is 37.5. The Morgan fingerprint density at radius 2 is 0.846 bits per heavy atom. The van der Waals surface area contributed by atoms with Gasteiger partial charge >= 0.3 is 5.97 Å². The third-order valence-electron chi connectivity index (χ3n) is 10.0. The molecular formula is C44H86N2O6. The van der Waals surface area contributed by atoms with Crippen molar-refractivity contribution in [2.45, 2.75) is 225 Å². The number of nitrogens with one attached hydrogen (secondary N) is 2. The lowest BCUT2D eigenvalue weighted by Crippen LogP contribution is -2.46. The summed E-state index contributed by atoms with van der Waals surface area (Å²) in [5.41, 5.74) is 0. The Hall–Kier alpha value is -1.67. The monoisotopic (exact) mass is 739 g/mol. The number of ether oxygens (including phenoxy) is 3. The molecule has 0 aliphatic heterocycles. The van der Waals surface area contributed by atoms with Crippen LogP contribution in [-0.2, 0) is 28.6 Å². The van der Waals surface area contributed by atoms with E-state index < -0.39 is 12.0 Å². The van der Waals surface area contributed by atoms with E-state index in [1.165, 1.54) is 161 Å². The Morgan fingerprint density at radius 1 is 0.481 bits per heavy atom. The van der Waals surface area contributed by atoms with Crippen LogP contribution in [0.3, 0.4) is 0 Å². The normalized spacial score (nSPS) is 11.8. The number of methoxy groups -OCH3 is 1. The Kier molecular flexibility index (Phi) is 40.7. The van der Waals surface area contributed by atoms with Gasteiger partial charge in [-0.25, -0.2) is 4.79 Å². The van der Waals surface area contributed by atoms with Gasteiger partial charge in [0, 0.05) is 26.5 Å². The van der Waals surface area contributed by atoms with Crippen LogP contribution in [0.4, 0.5) is 0 Å². The first kappa shape index (κ1) is 50.3. The minimum Gasteiger partial charge on any atom is -0.462 e. The van der Waals surface area contributed by atoms with Gasteiger partial charge in [-0.15, -0.1) is 0 Å². The molecular weight excluding hydrogens is 652 g/mol. The van der Waals surface area contributed by atoms with E-state index in [1.54, 1.807) is 7.11 Å². The fourth-order valence-corrected chi connectivity index (χ4v) is 6.62. The first-order valence-corrected chi connectivity index (χ1v) is 22.3. The second-order valence-corrected chi connectivity index (χ2v) is 15.2. The molecule has 2 N–H and O–H groups in total. The van der Waals surface area contributed by atoms with Crippen molar-refractivity contribution >= 4 is 17.8 Å². The van der Waals surface area contributed by atoms with Crippen LogP contribution in [-0.4, -0.2) is 63.9 Å². The predicted octanol–water partition coefficient (Wildman–Crippen LogP) is 11.3. The molecule has 0 aromatic carbocycles. The highest BCUT2D eigenvalue weighted by molar-refractivity contribution is 5.77. The number of carbonyl (C=O) groups excluding carboxylic acids is 3. The predicted molar refractivity (Wildman–Crippen MR) is 218 cm³/mol. The first-order valence-electron chi connectivity index (χ1n) is 22.3. The fourth-order valence-electron chi connectivity index (χ4n) is 6.62. The Labute approximate surface area is 321 Å². The third-order valence-corrected chi connectivity index (χ3v) is 10.0. The van der Waals surface area contributed by atoms with Crippen molar-refractivity contribution in [2.75, 3.05) is 40.1 Å². The molecule has 0 fully saturated rings. The molecule has 0 saturated carbocycles. The van der Waals surface area contributed by atoms with Crippen molar-refractivity contribution in [3.63, 3.8) is 0 Å². The minimum atomic E-state index is -0.498. The molecule has 8 heteroatoms. The minimum absolute atomic E-state index is 0.00366. The van der Waals surface area contributed by atoms with E-state index in [9.17, 15) is 14.4 Å². The quantitative estimate of drug-likeness (QED) is 0.0477. The van der Waals surface area contributed by atoms with Gasteiger partial charge in [0.25, 0.3) is 0 Å². The first-order chi connectivity index (χ1) is 25.5. The van der Waals surface area contributed by atoms with Crippen LogP contribution in [0.15, 0.2) is 0 Å². The summed E-state index contributed by atoms with van der Waals surface area (Å²) in [5.74, 6) is -0.587. The maximum absolute atomic E-state index is 12.7. The average molecular weight is 739 g/mol. The summed E-state index contributed by atoms with van der Waals surface area (Å²) in [6, 6.07) is -0.475. The molecule has 1 atom stereocenters. The second kappa shape index (κ2) is 42.1. The molecule has 0 aliphatic carbocycles. The standard InChI is InChI=1S/C44H86N2O6/c1-4-6-8-10-12-14-16-18-20-22-24-26-28-30-32-34-42(47)45-38-41(39-52-44(49)40-51-37-36-50-3)46-43(48)35-33-31-29-27-25-23-21-19-17-15-13-11-9-7-5-2/h41H,4-40H2,1-3H3,(H,45,47)(H,46,48). The van der Waals surface area contributed by atoms with Gasteiger partial charge in [-0.3, -0.25) is 9.59 Å². The zero-order chi connectivity index (χ0) is 38.0. The molecule has 0 aromatic rings. The van der Waals surface area contributed by atoms with Gasteiger partial charge in [0.2, 0.25) is 11.8 Å². The molecule has 308 valence electrons. The molecule has 0 aliphatic rings. The topological polar surface area (TPSA) is 103 Å². The Balaban J connectivity index is 4.11. The van der Waals surface area contributed by atoms with Crippen LogP contribution in [0.1, 0.15) is 219 Å². The van der Waals surface area contributed by atoms with Crippen molar-refractivity contribution in [1.82, 2.24) is 10.6 Å². The second-order valence-electron chi connectivity index (χ2n) is 15.2. The zero-order valence-corrected chi connectivity index (χ0v) is 34.7. The summed E-state index contributed by atoms with van der Waals surface area (Å²) in [6.07, 6.45) is 39.6. The summed E-state index contributed by atoms with van der Waals surface area (Å²) >= 11 is 0. The maximum Gasteiger partial charge on any atom is 0.332 e. The number of esters is 1. The number of hydrogen-bond donors (Lipinski definition) is 2. The smallest absolute Gasteiger partial charge is 0.332 e. The maximum atomic E-state index is 12.7. The fraction of sp³-hybridized carbons (Fsp3) is 0.932. The third kappa shape index (κ3) is 39.5. The molecule has 0 rings (SSSR count). The van der Waals surface area contributed by atoms with E-state index in [2.05, 4.69) is 24.5 Å². The van der Waals surface area contributed by atoms with Gasteiger partial charge in [0.05, 0.1) is 19.3 Å². The van der Waals surface area contributed by atoms with Crippen LogP contribution >= 0.6 is 0 Å². The van der Waals surface area contributed by atoms with Gasteiger partial charge in [0.15, 0.2) is 0 Å². The largest absolute Gasteiger partial charge is 0.462 e. The van der Waals surface area contributed by atoms with Crippen LogP contribution in [0.25, 0.3) is 0 Å². The van der Waals surface area contributed by atoms with Crippen molar-refractivity contribution in [1.29, 1.82) is 0 Å². The summed E-state index contributed by atoms with van der Waals surface area (Å²) in [7, 11) is 1.57. The van der Waals surface area contributed by atoms with Gasteiger partial charge in [-0.2, -0.15) is 0 Å². The van der Waals surface area contributed by atoms with Gasteiger partial charge in [0.1, 0.15) is 13.2 Å². The lowest BCUT2D eigenvalue weighted by atomic mass is 10.0. The molecule has 0 saturated heterocycles. The average Bonchev–Trinajstić information content (AvgIpc) is 3.14. The lowest BCUT2D eigenvalue weighted by Gasteiger charge is -2.19.